The van der Waals surface area contributed by atoms with Crippen LogP contribution in [0.15, 0.2) is 77.3 Å². The Morgan fingerprint density at radius 1 is 0.828 bits per heavy atom. The van der Waals surface area contributed by atoms with E-state index in [4.69, 9.17) is 14.0 Å². The summed E-state index contributed by atoms with van der Waals surface area (Å²) in [5.41, 5.74) is 3.17. The summed E-state index contributed by atoms with van der Waals surface area (Å²) in [6.07, 6.45) is 0. The van der Waals surface area contributed by atoms with Crippen molar-refractivity contribution in [2.75, 3.05) is 7.11 Å². The zero-order valence-corrected chi connectivity index (χ0v) is 16.0. The molecule has 1 aromatic heterocycles. The molecular formula is C23H18N2O4. The van der Waals surface area contributed by atoms with Gasteiger partial charge in [0.1, 0.15) is 11.5 Å². The molecule has 144 valence electrons. The smallest absolute Gasteiger partial charge is 0.337 e. The highest BCUT2D eigenvalue weighted by Gasteiger charge is 2.12. The largest absolute Gasteiger partial charge is 0.465 e. The van der Waals surface area contributed by atoms with E-state index in [1.165, 1.54) is 12.7 Å². The highest BCUT2D eigenvalue weighted by molar-refractivity contribution is 5.89. The van der Waals surface area contributed by atoms with Crippen molar-refractivity contribution in [3.63, 3.8) is 0 Å². The van der Waals surface area contributed by atoms with Crippen molar-refractivity contribution in [3.8, 4) is 34.3 Å². The number of methoxy groups -OCH3 is 1. The number of hydrogen-bond donors (Lipinski definition) is 0. The number of ether oxygens (including phenoxy) is 2. The van der Waals surface area contributed by atoms with Gasteiger partial charge in [-0.25, -0.2) is 4.79 Å². The third-order valence-electron chi connectivity index (χ3n) is 4.35. The van der Waals surface area contributed by atoms with Gasteiger partial charge in [0.25, 0.3) is 5.89 Å². The highest BCUT2D eigenvalue weighted by Crippen LogP contribution is 2.26. The number of aryl methyl sites for hydroxylation is 1. The van der Waals surface area contributed by atoms with Gasteiger partial charge in [-0.15, -0.1) is 0 Å². The van der Waals surface area contributed by atoms with Crippen molar-refractivity contribution >= 4 is 5.97 Å². The molecule has 0 atom stereocenters. The number of carbonyl (C=O) groups excluding carboxylic acids is 1. The number of rotatable bonds is 5. The number of carbonyl (C=O) groups is 1. The summed E-state index contributed by atoms with van der Waals surface area (Å²) in [5, 5.41) is 4.04. The van der Waals surface area contributed by atoms with Crippen LogP contribution in [0.3, 0.4) is 0 Å². The number of hydrogen-bond acceptors (Lipinski definition) is 6. The Hall–Kier alpha value is -3.93. The fraction of sp³-hybridized carbons (Fsp3) is 0.0870. The molecule has 0 spiro atoms. The minimum absolute atomic E-state index is 0.372. The molecule has 29 heavy (non-hydrogen) atoms. The molecule has 0 saturated carbocycles. The van der Waals surface area contributed by atoms with Gasteiger partial charge >= 0.3 is 5.97 Å². The second-order valence-corrected chi connectivity index (χ2v) is 6.43. The van der Waals surface area contributed by atoms with Crippen LogP contribution >= 0.6 is 0 Å². The standard InChI is InChI=1S/C23H18N2O4/c1-15-3-11-19(12-4-15)28-20-13-9-16(10-14-20)21-24-22(29-25-21)17-5-7-18(8-6-17)23(26)27-2/h3-14H,1-2H3. The Balaban J connectivity index is 1.49. The molecule has 0 aliphatic carbocycles. The molecule has 0 bridgehead atoms. The molecule has 0 fully saturated rings. The second-order valence-electron chi connectivity index (χ2n) is 6.43. The van der Waals surface area contributed by atoms with Crippen molar-refractivity contribution in [2.24, 2.45) is 0 Å². The fourth-order valence-corrected chi connectivity index (χ4v) is 2.74. The van der Waals surface area contributed by atoms with E-state index in [2.05, 4.69) is 10.1 Å². The van der Waals surface area contributed by atoms with Gasteiger partial charge in [0.05, 0.1) is 12.7 Å². The van der Waals surface area contributed by atoms with E-state index in [1.807, 2.05) is 55.5 Å². The Morgan fingerprint density at radius 3 is 2.03 bits per heavy atom. The molecule has 0 amide bonds. The molecule has 0 radical (unpaired) electrons. The normalized spacial score (nSPS) is 10.6. The quantitative estimate of drug-likeness (QED) is 0.434. The lowest BCUT2D eigenvalue weighted by Gasteiger charge is -2.06. The molecule has 0 saturated heterocycles. The molecular weight excluding hydrogens is 368 g/mol. The highest BCUT2D eigenvalue weighted by atomic mass is 16.5. The van der Waals surface area contributed by atoms with E-state index in [9.17, 15) is 4.79 Å². The first-order valence-electron chi connectivity index (χ1n) is 9.00. The maximum Gasteiger partial charge on any atom is 0.337 e. The molecule has 0 N–H and O–H groups in total. The van der Waals surface area contributed by atoms with E-state index in [1.54, 1.807) is 24.3 Å². The van der Waals surface area contributed by atoms with E-state index in [-0.39, 0.29) is 0 Å². The number of aromatic nitrogens is 2. The predicted octanol–water partition coefficient (Wildman–Crippen LogP) is 5.29. The van der Waals surface area contributed by atoms with Gasteiger partial charge < -0.3 is 14.0 Å². The van der Waals surface area contributed by atoms with Crippen LogP contribution in [0.4, 0.5) is 0 Å². The minimum Gasteiger partial charge on any atom is -0.465 e. The summed E-state index contributed by atoms with van der Waals surface area (Å²) in [6, 6.07) is 22.1. The maximum absolute atomic E-state index is 11.5. The summed E-state index contributed by atoms with van der Waals surface area (Å²) < 4.78 is 15.9. The summed E-state index contributed by atoms with van der Waals surface area (Å²) in [6.45, 7) is 2.03. The van der Waals surface area contributed by atoms with E-state index >= 15 is 0 Å². The van der Waals surface area contributed by atoms with Crippen LogP contribution in [0.25, 0.3) is 22.8 Å². The Morgan fingerprint density at radius 2 is 1.41 bits per heavy atom. The van der Waals surface area contributed by atoms with Gasteiger partial charge in [-0.2, -0.15) is 4.98 Å². The molecule has 6 heteroatoms. The molecule has 0 aliphatic heterocycles. The number of nitrogens with zero attached hydrogens (tertiary/aromatic N) is 2. The van der Waals surface area contributed by atoms with Crippen LogP contribution in [0.5, 0.6) is 11.5 Å². The Kier molecular flexibility index (Phi) is 5.07. The van der Waals surface area contributed by atoms with Crippen molar-refractivity contribution in [1.29, 1.82) is 0 Å². The second kappa shape index (κ2) is 7.98. The zero-order chi connectivity index (χ0) is 20.2. The lowest BCUT2D eigenvalue weighted by molar-refractivity contribution is 0.0600. The molecule has 0 unspecified atom stereocenters. The van der Waals surface area contributed by atoms with E-state index < -0.39 is 5.97 Å². The van der Waals surface area contributed by atoms with Gasteiger partial charge in [0.15, 0.2) is 0 Å². The van der Waals surface area contributed by atoms with Crippen LogP contribution in [0.2, 0.25) is 0 Å². The lowest BCUT2D eigenvalue weighted by atomic mass is 10.1. The van der Waals surface area contributed by atoms with Crippen molar-refractivity contribution in [1.82, 2.24) is 10.1 Å². The van der Waals surface area contributed by atoms with E-state index in [0.717, 1.165) is 22.6 Å². The molecule has 3 aromatic carbocycles. The Labute approximate surface area is 167 Å². The Bertz CT molecular complexity index is 1120. The zero-order valence-electron chi connectivity index (χ0n) is 16.0. The average Bonchev–Trinajstić information content (AvgIpc) is 3.26. The summed E-state index contributed by atoms with van der Waals surface area (Å²) in [7, 11) is 1.34. The summed E-state index contributed by atoms with van der Waals surface area (Å²) >= 11 is 0. The third-order valence-corrected chi connectivity index (χ3v) is 4.35. The minimum atomic E-state index is -0.393. The van der Waals surface area contributed by atoms with Crippen molar-refractivity contribution in [3.05, 3.63) is 83.9 Å². The fourth-order valence-electron chi connectivity index (χ4n) is 2.74. The van der Waals surface area contributed by atoms with Gasteiger partial charge in [-0.05, 0) is 67.6 Å². The van der Waals surface area contributed by atoms with Gasteiger partial charge in [0.2, 0.25) is 5.82 Å². The first-order valence-corrected chi connectivity index (χ1v) is 9.00. The van der Waals surface area contributed by atoms with Crippen molar-refractivity contribution < 1.29 is 18.8 Å². The molecule has 1 heterocycles. The SMILES string of the molecule is COC(=O)c1ccc(-c2nc(-c3ccc(Oc4ccc(C)cc4)cc3)no2)cc1. The van der Waals surface area contributed by atoms with Crippen LogP contribution in [-0.4, -0.2) is 23.2 Å². The maximum atomic E-state index is 11.5. The molecule has 4 aromatic rings. The number of esters is 1. The molecule has 6 nitrogen and oxygen atoms in total. The first-order chi connectivity index (χ1) is 14.1. The van der Waals surface area contributed by atoms with E-state index in [0.29, 0.717) is 17.3 Å². The topological polar surface area (TPSA) is 74.5 Å². The predicted molar refractivity (Wildman–Crippen MR) is 108 cm³/mol. The molecule has 0 aliphatic rings. The van der Waals surface area contributed by atoms with Crippen LogP contribution in [0.1, 0.15) is 15.9 Å². The summed E-state index contributed by atoms with van der Waals surface area (Å²) in [5.74, 6) is 1.95. The number of benzene rings is 3. The van der Waals surface area contributed by atoms with Gasteiger partial charge in [-0.1, -0.05) is 22.9 Å². The average molecular weight is 386 g/mol. The third kappa shape index (κ3) is 4.16. The lowest BCUT2D eigenvalue weighted by Crippen LogP contribution is -2.00. The summed E-state index contributed by atoms with van der Waals surface area (Å²) in [4.78, 5) is 16.0. The first kappa shape index (κ1) is 18.4. The van der Waals surface area contributed by atoms with Gasteiger partial charge in [0, 0.05) is 11.1 Å². The molecule has 4 rings (SSSR count). The van der Waals surface area contributed by atoms with Crippen LogP contribution < -0.4 is 4.74 Å². The monoisotopic (exact) mass is 386 g/mol. The van der Waals surface area contributed by atoms with Crippen molar-refractivity contribution in [2.45, 2.75) is 6.92 Å². The van der Waals surface area contributed by atoms with Gasteiger partial charge in [-0.3, -0.25) is 0 Å². The van der Waals surface area contributed by atoms with Crippen LogP contribution in [0, 0.1) is 6.92 Å². The van der Waals surface area contributed by atoms with Crippen LogP contribution in [-0.2, 0) is 4.74 Å².